The summed E-state index contributed by atoms with van der Waals surface area (Å²) in [6.45, 7) is 3.21. The lowest BCUT2D eigenvalue weighted by Gasteiger charge is -2.27. The molecule has 0 saturated heterocycles. The summed E-state index contributed by atoms with van der Waals surface area (Å²) >= 11 is 3.28. The second kappa shape index (κ2) is 5.46. The minimum Gasteiger partial charge on any atom is -0.493 e. The second-order valence-corrected chi connectivity index (χ2v) is 5.87. The number of carboxylic acid groups (broad SMARTS) is 2. The van der Waals surface area contributed by atoms with Gasteiger partial charge in [0.1, 0.15) is 5.41 Å². The first-order valence-electron chi connectivity index (χ1n) is 6.72. The number of aliphatic carboxylic acids is 2. The lowest BCUT2D eigenvalue weighted by atomic mass is 9.74. The van der Waals surface area contributed by atoms with Gasteiger partial charge in [-0.05, 0) is 19.4 Å². The number of fused-ring (bicyclic) bond motifs is 1. The van der Waals surface area contributed by atoms with Crippen LogP contribution in [-0.2, 0) is 19.1 Å². The van der Waals surface area contributed by atoms with Crippen LogP contribution in [0, 0.1) is 5.41 Å². The van der Waals surface area contributed by atoms with Crippen LogP contribution in [0.5, 0.6) is 0 Å². The predicted octanol–water partition coefficient (Wildman–Crippen LogP) is 2.46. The van der Waals surface area contributed by atoms with Gasteiger partial charge in [0.05, 0.1) is 7.11 Å². The third-order valence-corrected chi connectivity index (χ3v) is 4.81. The predicted molar refractivity (Wildman–Crippen MR) is 81.5 cm³/mol. The first-order chi connectivity index (χ1) is 10.3. The number of hydrogen-bond acceptors (Lipinski definition) is 4. The van der Waals surface area contributed by atoms with Crippen molar-refractivity contribution in [1.82, 2.24) is 0 Å². The van der Waals surface area contributed by atoms with Crippen molar-refractivity contribution in [3.05, 3.63) is 34.8 Å². The Hall–Kier alpha value is -1.76. The minimum atomic E-state index is -1.58. The van der Waals surface area contributed by atoms with Crippen LogP contribution in [-0.4, -0.2) is 40.2 Å². The van der Waals surface area contributed by atoms with Crippen molar-refractivity contribution in [3.8, 4) is 0 Å². The second-order valence-electron chi connectivity index (χ2n) is 5.31. The molecule has 0 aromatic carbocycles. The average molecular weight is 373 g/mol. The van der Waals surface area contributed by atoms with Gasteiger partial charge in [-0.3, -0.25) is 4.79 Å². The van der Waals surface area contributed by atoms with Crippen molar-refractivity contribution in [2.24, 2.45) is 5.41 Å². The highest BCUT2D eigenvalue weighted by Crippen LogP contribution is 2.52. The van der Waals surface area contributed by atoms with Gasteiger partial charge in [0.25, 0.3) is 0 Å². The third kappa shape index (κ3) is 1.99. The van der Waals surface area contributed by atoms with E-state index in [1.165, 1.54) is 26.2 Å². The molecule has 2 unspecified atom stereocenters. The Kier molecular flexibility index (Phi) is 4.12. The van der Waals surface area contributed by atoms with Gasteiger partial charge < -0.3 is 19.7 Å². The van der Waals surface area contributed by atoms with E-state index < -0.39 is 23.0 Å². The third-order valence-electron chi connectivity index (χ3n) is 4.24. The maximum absolute atomic E-state index is 11.8. The fraction of sp³-hybridized carbons (Fsp3) is 0.467. The lowest BCUT2D eigenvalue weighted by Crippen LogP contribution is -2.40. The van der Waals surface area contributed by atoms with Gasteiger partial charge in [-0.25, -0.2) is 4.79 Å². The first kappa shape index (κ1) is 16.6. The minimum absolute atomic E-state index is 0.170. The summed E-state index contributed by atoms with van der Waals surface area (Å²) in [4.78, 5) is 23.6. The highest BCUT2D eigenvalue weighted by atomic mass is 79.9. The molecule has 0 saturated carbocycles. The number of ether oxygens (including phenoxy) is 2. The number of rotatable bonds is 5. The number of allylic oxidation sites excluding steroid dienone is 2. The van der Waals surface area contributed by atoms with E-state index in [1.54, 1.807) is 6.92 Å². The molecular weight excluding hydrogens is 356 g/mol. The molecule has 22 heavy (non-hydrogen) atoms. The maximum Gasteiger partial charge on any atom is 0.352 e. The lowest BCUT2D eigenvalue weighted by molar-refractivity contribution is -0.155. The maximum atomic E-state index is 11.8. The fourth-order valence-electron chi connectivity index (χ4n) is 2.87. The van der Waals surface area contributed by atoms with E-state index in [4.69, 9.17) is 9.47 Å². The Labute approximate surface area is 136 Å². The van der Waals surface area contributed by atoms with E-state index in [9.17, 15) is 19.8 Å². The molecule has 120 valence electrons. The number of hydrogen-bond donors (Lipinski definition) is 2. The zero-order valence-corrected chi connectivity index (χ0v) is 14.1. The Morgan fingerprint density at radius 1 is 1.36 bits per heavy atom. The molecule has 0 aromatic heterocycles. The summed E-state index contributed by atoms with van der Waals surface area (Å²) < 4.78 is 11.0. The van der Waals surface area contributed by atoms with Gasteiger partial charge in [-0.2, -0.15) is 0 Å². The van der Waals surface area contributed by atoms with E-state index >= 15 is 0 Å². The van der Waals surface area contributed by atoms with Crippen molar-refractivity contribution in [2.45, 2.75) is 25.9 Å². The average Bonchev–Trinajstić information content (AvgIpc) is 2.84. The molecule has 6 nitrogen and oxygen atoms in total. The molecule has 1 heterocycles. The number of methoxy groups -OCH3 is 1. The van der Waals surface area contributed by atoms with Crippen molar-refractivity contribution in [2.75, 3.05) is 12.4 Å². The van der Waals surface area contributed by atoms with E-state index in [0.717, 1.165) is 0 Å². The number of halogens is 1. The van der Waals surface area contributed by atoms with E-state index in [1.807, 2.05) is 0 Å². The Morgan fingerprint density at radius 3 is 2.41 bits per heavy atom. The molecule has 0 aromatic rings. The summed E-state index contributed by atoms with van der Waals surface area (Å²) in [6.07, 6.45) is 3.17. The monoisotopic (exact) mass is 372 g/mol. The van der Waals surface area contributed by atoms with Gasteiger partial charge in [0.2, 0.25) is 5.60 Å². The molecule has 2 N–H and O–H groups in total. The fourth-order valence-corrected chi connectivity index (χ4v) is 3.61. The molecule has 1 aliphatic carbocycles. The number of alkyl halides is 1. The zero-order chi connectivity index (χ0) is 16.7. The first-order valence-corrected chi connectivity index (χ1v) is 7.84. The van der Waals surface area contributed by atoms with Crippen LogP contribution in [0.3, 0.4) is 0 Å². The summed E-state index contributed by atoms with van der Waals surface area (Å²) in [5.41, 5.74) is -2.20. The summed E-state index contributed by atoms with van der Waals surface area (Å²) in [5, 5.41) is 19.5. The van der Waals surface area contributed by atoms with Crippen LogP contribution < -0.4 is 0 Å². The highest BCUT2D eigenvalue weighted by Gasteiger charge is 2.57. The van der Waals surface area contributed by atoms with E-state index in [2.05, 4.69) is 15.9 Å². The summed E-state index contributed by atoms with van der Waals surface area (Å²) in [7, 11) is 1.43. The van der Waals surface area contributed by atoms with Crippen LogP contribution in [0.2, 0.25) is 0 Å². The van der Waals surface area contributed by atoms with Crippen LogP contribution in [0.15, 0.2) is 34.8 Å². The molecule has 0 radical (unpaired) electrons. The molecule has 0 amide bonds. The highest BCUT2D eigenvalue weighted by molar-refractivity contribution is 9.09. The molecule has 0 spiro atoms. The van der Waals surface area contributed by atoms with Gasteiger partial charge in [-0.1, -0.05) is 28.9 Å². The molecule has 1 aliphatic heterocycles. The molecular formula is C15H17BrO6. The van der Waals surface area contributed by atoms with Gasteiger partial charge in [0.15, 0.2) is 11.5 Å². The van der Waals surface area contributed by atoms with Crippen LogP contribution >= 0.6 is 15.9 Å². The van der Waals surface area contributed by atoms with Crippen molar-refractivity contribution < 1.29 is 29.3 Å². The smallest absolute Gasteiger partial charge is 0.352 e. The van der Waals surface area contributed by atoms with Crippen molar-refractivity contribution >= 4 is 27.9 Å². The molecule has 0 bridgehead atoms. The number of carboxylic acids is 2. The topological polar surface area (TPSA) is 93.1 Å². The van der Waals surface area contributed by atoms with Gasteiger partial charge >= 0.3 is 11.9 Å². The number of carbonyl (C=O) groups is 2. The normalized spacial score (nSPS) is 30.2. The quantitative estimate of drug-likeness (QED) is 0.720. The van der Waals surface area contributed by atoms with Crippen molar-refractivity contribution in [3.63, 3.8) is 0 Å². The van der Waals surface area contributed by atoms with E-state index in [0.29, 0.717) is 16.9 Å². The molecule has 0 fully saturated rings. The van der Waals surface area contributed by atoms with Crippen LogP contribution in [0.4, 0.5) is 0 Å². The zero-order valence-electron chi connectivity index (χ0n) is 12.5. The van der Waals surface area contributed by atoms with Crippen LogP contribution in [0.25, 0.3) is 0 Å². The molecule has 2 atom stereocenters. The van der Waals surface area contributed by atoms with E-state index in [-0.39, 0.29) is 17.5 Å². The Balaban J connectivity index is 2.83. The SMILES string of the molecule is CCC1(C(=O)O)OC2=C(OC)C=CC(C)(C(=O)O)C2=C1CBr. The van der Waals surface area contributed by atoms with Gasteiger partial charge in [-0.15, -0.1) is 0 Å². The summed E-state index contributed by atoms with van der Waals surface area (Å²) in [6, 6.07) is 0. The van der Waals surface area contributed by atoms with Crippen LogP contribution in [0.1, 0.15) is 20.3 Å². The summed E-state index contributed by atoms with van der Waals surface area (Å²) in [5.74, 6) is -1.72. The molecule has 2 rings (SSSR count). The van der Waals surface area contributed by atoms with Crippen molar-refractivity contribution in [1.29, 1.82) is 0 Å². The van der Waals surface area contributed by atoms with Gasteiger partial charge in [0, 0.05) is 16.5 Å². The largest absolute Gasteiger partial charge is 0.493 e. The molecule has 7 heteroatoms. The Bertz CT molecular complexity index is 632. The Morgan fingerprint density at radius 2 is 2.00 bits per heavy atom. The standard InChI is InChI=1S/C15H17BrO6/c1-4-15(13(19)20)8(7-16)10-11(22-15)9(21-3)5-6-14(10,2)12(17)18/h5-6H,4,7H2,1-3H3,(H,17,18)(H,19,20). The molecule has 2 aliphatic rings.